The van der Waals surface area contributed by atoms with Gasteiger partial charge in [0.05, 0.1) is 16.9 Å². The van der Waals surface area contributed by atoms with E-state index in [1.165, 1.54) is 0 Å². The van der Waals surface area contributed by atoms with Crippen LogP contribution in [0.5, 0.6) is 11.5 Å². The van der Waals surface area contributed by atoms with Gasteiger partial charge in [0.15, 0.2) is 12.4 Å². The SMILES string of the molecule is O=C(COC(=O)c1ccc(-n2cccn2)cc1)Nc1ccccc1Oc1ccccc1. The van der Waals surface area contributed by atoms with Gasteiger partial charge in [0.2, 0.25) is 0 Å². The number of hydrogen-bond acceptors (Lipinski definition) is 5. The molecule has 0 radical (unpaired) electrons. The number of esters is 1. The molecule has 0 saturated carbocycles. The molecule has 1 amide bonds. The summed E-state index contributed by atoms with van der Waals surface area (Å²) in [6.45, 7) is -0.417. The van der Waals surface area contributed by atoms with E-state index in [4.69, 9.17) is 9.47 Å². The lowest BCUT2D eigenvalue weighted by Gasteiger charge is -2.12. The van der Waals surface area contributed by atoms with Crippen LogP contribution < -0.4 is 10.1 Å². The van der Waals surface area contributed by atoms with Crippen LogP contribution in [0.3, 0.4) is 0 Å². The fraction of sp³-hybridized carbons (Fsp3) is 0.0417. The standard InChI is InChI=1S/C24H19N3O4/c28-23(26-21-9-4-5-10-22(21)31-20-7-2-1-3-8-20)17-30-24(29)18-11-13-19(14-12-18)27-16-6-15-25-27/h1-16H,17H2,(H,26,28). The van der Waals surface area contributed by atoms with Gasteiger partial charge < -0.3 is 14.8 Å². The van der Waals surface area contributed by atoms with Crippen LogP contribution in [0.1, 0.15) is 10.4 Å². The van der Waals surface area contributed by atoms with Crippen molar-refractivity contribution in [3.05, 3.63) is 103 Å². The van der Waals surface area contributed by atoms with Gasteiger partial charge in [-0.15, -0.1) is 0 Å². The number of rotatable bonds is 7. The van der Waals surface area contributed by atoms with Gasteiger partial charge in [-0.3, -0.25) is 4.79 Å². The number of hydrogen-bond donors (Lipinski definition) is 1. The molecule has 1 aromatic heterocycles. The Labute approximate surface area is 178 Å². The van der Waals surface area contributed by atoms with Gasteiger partial charge in [0.25, 0.3) is 5.91 Å². The predicted octanol–water partition coefficient (Wildman–Crippen LogP) is 4.46. The second-order valence-corrected chi connectivity index (χ2v) is 6.53. The molecule has 31 heavy (non-hydrogen) atoms. The van der Waals surface area contributed by atoms with Crippen molar-refractivity contribution in [3.63, 3.8) is 0 Å². The van der Waals surface area contributed by atoms with E-state index in [1.54, 1.807) is 65.6 Å². The quantitative estimate of drug-likeness (QED) is 0.452. The molecule has 0 aliphatic rings. The van der Waals surface area contributed by atoms with E-state index in [9.17, 15) is 9.59 Å². The summed E-state index contributed by atoms with van der Waals surface area (Å²) < 4.78 is 12.6. The van der Waals surface area contributed by atoms with Crippen LogP contribution in [-0.4, -0.2) is 28.3 Å². The summed E-state index contributed by atoms with van der Waals surface area (Å²) in [5.41, 5.74) is 1.64. The van der Waals surface area contributed by atoms with Crippen LogP contribution in [0.15, 0.2) is 97.3 Å². The molecular weight excluding hydrogens is 394 g/mol. The van der Waals surface area contributed by atoms with E-state index in [-0.39, 0.29) is 0 Å². The fourth-order valence-corrected chi connectivity index (χ4v) is 2.85. The van der Waals surface area contributed by atoms with Crippen molar-refractivity contribution in [2.24, 2.45) is 0 Å². The maximum Gasteiger partial charge on any atom is 0.338 e. The number of carbonyl (C=O) groups is 2. The van der Waals surface area contributed by atoms with E-state index >= 15 is 0 Å². The Bertz CT molecular complexity index is 1160. The third-order valence-electron chi connectivity index (χ3n) is 4.34. The molecule has 0 bridgehead atoms. The van der Waals surface area contributed by atoms with Crippen LogP contribution in [0.25, 0.3) is 5.69 Å². The molecule has 0 aliphatic heterocycles. The number of anilines is 1. The first kappa shape index (κ1) is 19.9. The molecule has 0 unspecified atom stereocenters. The minimum atomic E-state index is -0.587. The molecule has 7 nitrogen and oxygen atoms in total. The molecule has 0 fully saturated rings. The Hall–Kier alpha value is -4.39. The molecule has 0 spiro atoms. The Morgan fingerprint density at radius 2 is 1.61 bits per heavy atom. The fourth-order valence-electron chi connectivity index (χ4n) is 2.85. The zero-order chi connectivity index (χ0) is 21.5. The Kier molecular flexibility index (Phi) is 6.04. The van der Waals surface area contributed by atoms with Crippen LogP contribution in [0.4, 0.5) is 5.69 Å². The second-order valence-electron chi connectivity index (χ2n) is 6.53. The second kappa shape index (κ2) is 9.41. The first-order valence-corrected chi connectivity index (χ1v) is 9.58. The smallest absolute Gasteiger partial charge is 0.338 e. The summed E-state index contributed by atoms with van der Waals surface area (Å²) in [5, 5.41) is 6.84. The van der Waals surface area contributed by atoms with E-state index in [1.807, 2.05) is 36.4 Å². The molecule has 7 heteroatoms. The molecule has 0 atom stereocenters. The van der Waals surface area contributed by atoms with E-state index in [0.29, 0.717) is 22.7 Å². The highest BCUT2D eigenvalue weighted by Gasteiger charge is 2.13. The average Bonchev–Trinajstić information content (AvgIpc) is 3.35. The van der Waals surface area contributed by atoms with Gasteiger partial charge in [0.1, 0.15) is 5.75 Å². The van der Waals surface area contributed by atoms with Crippen LogP contribution in [-0.2, 0) is 9.53 Å². The number of para-hydroxylation sites is 3. The van der Waals surface area contributed by atoms with E-state index in [0.717, 1.165) is 5.69 Å². The minimum absolute atomic E-state index is 0.344. The third-order valence-corrected chi connectivity index (χ3v) is 4.34. The average molecular weight is 413 g/mol. The summed E-state index contributed by atoms with van der Waals surface area (Å²) in [6.07, 6.45) is 3.47. The normalized spacial score (nSPS) is 10.3. The van der Waals surface area contributed by atoms with Gasteiger partial charge in [-0.2, -0.15) is 5.10 Å². The molecule has 0 saturated heterocycles. The number of nitrogens with one attached hydrogen (secondary N) is 1. The number of nitrogens with zero attached hydrogens (tertiary/aromatic N) is 2. The lowest BCUT2D eigenvalue weighted by molar-refractivity contribution is -0.119. The maximum atomic E-state index is 12.3. The molecular formula is C24H19N3O4. The minimum Gasteiger partial charge on any atom is -0.455 e. The highest BCUT2D eigenvalue weighted by Crippen LogP contribution is 2.29. The van der Waals surface area contributed by atoms with Gasteiger partial charge in [0, 0.05) is 12.4 Å². The van der Waals surface area contributed by atoms with Gasteiger partial charge in [-0.05, 0) is 54.6 Å². The van der Waals surface area contributed by atoms with Crippen molar-refractivity contribution >= 4 is 17.6 Å². The van der Waals surface area contributed by atoms with Gasteiger partial charge in [-0.1, -0.05) is 30.3 Å². The highest BCUT2D eigenvalue weighted by molar-refractivity contribution is 5.96. The number of amides is 1. The number of benzene rings is 3. The largest absolute Gasteiger partial charge is 0.455 e. The van der Waals surface area contributed by atoms with Crippen LogP contribution >= 0.6 is 0 Å². The summed E-state index contributed by atoms with van der Waals surface area (Å²) in [4.78, 5) is 24.6. The molecule has 1 N–H and O–H groups in total. The zero-order valence-corrected chi connectivity index (χ0v) is 16.5. The zero-order valence-electron chi connectivity index (χ0n) is 16.5. The number of carbonyl (C=O) groups excluding carboxylic acids is 2. The molecule has 4 rings (SSSR count). The lowest BCUT2D eigenvalue weighted by Crippen LogP contribution is -2.21. The van der Waals surface area contributed by atoms with Crippen molar-refractivity contribution in [1.82, 2.24) is 9.78 Å². The number of aromatic nitrogens is 2. The van der Waals surface area contributed by atoms with E-state index in [2.05, 4.69) is 10.4 Å². The van der Waals surface area contributed by atoms with Gasteiger partial charge in [-0.25, -0.2) is 9.48 Å². The number of ether oxygens (including phenoxy) is 2. The predicted molar refractivity (Wildman–Crippen MR) is 115 cm³/mol. The van der Waals surface area contributed by atoms with Crippen molar-refractivity contribution in [2.45, 2.75) is 0 Å². The molecule has 154 valence electrons. The summed E-state index contributed by atoms with van der Waals surface area (Å²) in [6, 6.07) is 24.8. The molecule has 1 heterocycles. The van der Waals surface area contributed by atoms with E-state index < -0.39 is 18.5 Å². The van der Waals surface area contributed by atoms with Crippen molar-refractivity contribution in [3.8, 4) is 17.2 Å². The maximum absolute atomic E-state index is 12.3. The molecule has 0 aliphatic carbocycles. The molecule has 3 aromatic carbocycles. The Morgan fingerprint density at radius 3 is 2.35 bits per heavy atom. The first-order chi connectivity index (χ1) is 15.2. The summed E-state index contributed by atoms with van der Waals surface area (Å²) in [5.74, 6) is 0.0818. The van der Waals surface area contributed by atoms with Crippen LogP contribution in [0.2, 0.25) is 0 Å². The van der Waals surface area contributed by atoms with Crippen LogP contribution in [0, 0.1) is 0 Å². The Morgan fingerprint density at radius 1 is 0.871 bits per heavy atom. The topological polar surface area (TPSA) is 82.5 Å². The monoisotopic (exact) mass is 413 g/mol. The molecule has 4 aromatic rings. The van der Waals surface area contributed by atoms with Crippen molar-refractivity contribution < 1.29 is 19.1 Å². The lowest BCUT2D eigenvalue weighted by atomic mass is 10.2. The first-order valence-electron chi connectivity index (χ1n) is 9.58. The van der Waals surface area contributed by atoms with Crippen molar-refractivity contribution in [1.29, 1.82) is 0 Å². The summed E-state index contributed by atoms with van der Waals surface area (Å²) in [7, 11) is 0. The summed E-state index contributed by atoms with van der Waals surface area (Å²) >= 11 is 0. The van der Waals surface area contributed by atoms with Gasteiger partial charge >= 0.3 is 5.97 Å². The Balaban J connectivity index is 1.34. The highest BCUT2D eigenvalue weighted by atomic mass is 16.5. The van der Waals surface area contributed by atoms with Crippen molar-refractivity contribution in [2.75, 3.05) is 11.9 Å². The third kappa shape index (κ3) is 5.16.